The van der Waals surface area contributed by atoms with Crippen LogP contribution in [0.5, 0.6) is 0 Å². The zero-order valence-corrected chi connectivity index (χ0v) is 15.3. The molecule has 0 bridgehead atoms. The van der Waals surface area contributed by atoms with Gasteiger partial charge < -0.3 is 0 Å². The van der Waals surface area contributed by atoms with Crippen LogP contribution in [0.2, 0.25) is 0 Å². The normalized spacial score (nSPS) is 11.9. The lowest BCUT2D eigenvalue weighted by Crippen LogP contribution is -2.09. The molecule has 0 fully saturated rings. The highest BCUT2D eigenvalue weighted by atomic mass is 32.2. The number of benzene rings is 2. The van der Waals surface area contributed by atoms with Crippen molar-refractivity contribution in [3.8, 4) is 11.8 Å². The molecule has 6 heteroatoms. The van der Waals surface area contributed by atoms with Gasteiger partial charge in [0.05, 0.1) is 11.8 Å². The molecule has 0 amide bonds. The van der Waals surface area contributed by atoms with E-state index >= 15 is 0 Å². The quantitative estimate of drug-likeness (QED) is 0.655. The third-order valence-electron chi connectivity index (χ3n) is 4.03. The first-order chi connectivity index (χ1) is 12.1. The van der Waals surface area contributed by atoms with Crippen LogP contribution in [0.25, 0.3) is 5.69 Å². The molecule has 0 aliphatic carbocycles. The van der Waals surface area contributed by atoms with Gasteiger partial charge in [0.2, 0.25) is 5.16 Å². The maximum atomic E-state index is 9.56. The van der Waals surface area contributed by atoms with E-state index in [0.717, 1.165) is 22.4 Å². The Hall–Kier alpha value is -2.65. The Morgan fingerprint density at radius 2 is 1.76 bits per heavy atom. The monoisotopic (exact) mass is 349 g/mol. The van der Waals surface area contributed by atoms with Crippen LogP contribution in [0.3, 0.4) is 0 Å². The van der Waals surface area contributed by atoms with Crippen LogP contribution in [-0.4, -0.2) is 25.5 Å². The molecule has 1 unspecified atom stereocenters. The van der Waals surface area contributed by atoms with Crippen molar-refractivity contribution in [3.63, 3.8) is 0 Å². The lowest BCUT2D eigenvalue weighted by Gasteiger charge is -2.12. The van der Waals surface area contributed by atoms with Crippen molar-refractivity contribution >= 4 is 11.8 Å². The minimum Gasteiger partial charge on any atom is -0.197 e. The van der Waals surface area contributed by atoms with E-state index < -0.39 is 0 Å². The van der Waals surface area contributed by atoms with Crippen molar-refractivity contribution in [1.29, 1.82) is 5.26 Å². The highest BCUT2D eigenvalue weighted by Gasteiger charge is 2.18. The van der Waals surface area contributed by atoms with Gasteiger partial charge in [0, 0.05) is 0 Å². The molecule has 1 atom stereocenters. The van der Waals surface area contributed by atoms with Gasteiger partial charge in [-0.2, -0.15) is 9.94 Å². The van der Waals surface area contributed by atoms with Gasteiger partial charge in [-0.3, -0.25) is 0 Å². The maximum Gasteiger partial charge on any atom is 0.215 e. The number of nitrogens with zero attached hydrogens (tertiary/aromatic N) is 5. The molecule has 126 valence electrons. The summed E-state index contributed by atoms with van der Waals surface area (Å²) in [4.78, 5) is 0. The van der Waals surface area contributed by atoms with Crippen LogP contribution >= 0.6 is 11.8 Å². The van der Waals surface area contributed by atoms with E-state index in [-0.39, 0.29) is 5.25 Å². The summed E-state index contributed by atoms with van der Waals surface area (Å²) in [6.07, 6.45) is 0.654. The first kappa shape index (κ1) is 17.2. The maximum absolute atomic E-state index is 9.56. The Labute approximate surface area is 151 Å². The predicted molar refractivity (Wildman–Crippen MR) is 98.8 cm³/mol. The fraction of sp³-hybridized carbons (Fsp3) is 0.263. The summed E-state index contributed by atoms with van der Waals surface area (Å²) in [6, 6.07) is 16.7. The SMILES string of the molecule is Cc1ccc(CC(C#N)Sc2nnnn2-c2c(C)cccc2C)cc1. The number of nitriles is 1. The van der Waals surface area contributed by atoms with E-state index in [0.29, 0.717) is 11.6 Å². The van der Waals surface area contributed by atoms with Crippen LogP contribution in [0.1, 0.15) is 22.3 Å². The first-order valence-corrected chi connectivity index (χ1v) is 8.93. The van der Waals surface area contributed by atoms with E-state index in [1.54, 1.807) is 4.68 Å². The summed E-state index contributed by atoms with van der Waals surface area (Å²) >= 11 is 1.40. The fourth-order valence-electron chi connectivity index (χ4n) is 2.71. The molecule has 0 spiro atoms. The van der Waals surface area contributed by atoms with Crippen LogP contribution in [0.4, 0.5) is 0 Å². The molecule has 0 aliphatic rings. The van der Waals surface area contributed by atoms with Crippen molar-refractivity contribution in [3.05, 3.63) is 64.7 Å². The van der Waals surface area contributed by atoms with Crippen LogP contribution < -0.4 is 0 Å². The molecule has 2 aromatic carbocycles. The zero-order valence-electron chi connectivity index (χ0n) is 14.5. The highest BCUT2D eigenvalue weighted by molar-refractivity contribution is 8.00. The second-order valence-electron chi connectivity index (χ2n) is 6.04. The van der Waals surface area contributed by atoms with Crippen molar-refractivity contribution < 1.29 is 0 Å². The lowest BCUT2D eigenvalue weighted by molar-refractivity contribution is 0.746. The van der Waals surface area contributed by atoms with Crippen molar-refractivity contribution in [2.24, 2.45) is 0 Å². The number of thioether (sulfide) groups is 1. The largest absolute Gasteiger partial charge is 0.215 e. The number of tetrazole rings is 1. The minimum absolute atomic E-state index is 0.253. The van der Waals surface area contributed by atoms with Gasteiger partial charge in [-0.05, 0) is 54.3 Å². The molecule has 0 N–H and O–H groups in total. The number of aromatic nitrogens is 4. The summed E-state index contributed by atoms with van der Waals surface area (Å²) in [5.41, 5.74) is 5.52. The summed E-state index contributed by atoms with van der Waals surface area (Å²) in [6.45, 7) is 6.12. The van der Waals surface area contributed by atoms with Crippen LogP contribution in [-0.2, 0) is 6.42 Å². The molecule has 0 radical (unpaired) electrons. The van der Waals surface area contributed by atoms with Gasteiger partial charge in [0.15, 0.2) is 0 Å². The van der Waals surface area contributed by atoms with Crippen LogP contribution in [0.15, 0.2) is 47.6 Å². The second kappa shape index (κ2) is 7.49. The summed E-state index contributed by atoms with van der Waals surface area (Å²) in [7, 11) is 0. The molecular formula is C19H19N5S. The smallest absolute Gasteiger partial charge is 0.197 e. The highest BCUT2D eigenvalue weighted by Crippen LogP contribution is 2.27. The van der Waals surface area contributed by atoms with Crippen molar-refractivity contribution in [1.82, 2.24) is 20.2 Å². The molecule has 0 aliphatic heterocycles. The van der Waals surface area contributed by atoms with E-state index in [2.05, 4.69) is 52.8 Å². The molecular weight excluding hydrogens is 330 g/mol. The Morgan fingerprint density at radius 3 is 2.40 bits per heavy atom. The Bertz CT molecular complexity index is 888. The van der Waals surface area contributed by atoms with Gasteiger partial charge in [-0.25, -0.2) is 0 Å². The molecule has 5 nitrogen and oxygen atoms in total. The average molecular weight is 349 g/mol. The molecule has 1 aromatic heterocycles. The number of hydrogen-bond acceptors (Lipinski definition) is 5. The molecule has 0 saturated heterocycles. The molecule has 3 aromatic rings. The van der Waals surface area contributed by atoms with Crippen molar-refractivity contribution in [2.75, 3.05) is 0 Å². The predicted octanol–water partition coefficient (Wildman–Crippen LogP) is 3.81. The summed E-state index contributed by atoms with van der Waals surface area (Å²) in [5.74, 6) is 0. The Balaban J connectivity index is 1.85. The van der Waals surface area contributed by atoms with Gasteiger partial charge in [0.1, 0.15) is 5.25 Å². The minimum atomic E-state index is -0.253. The third-order valence-corrected chi connectivity index (χ3v) is 5.05. The molecule has 0 saturated carbocycles. The Morgan fingerprint density at radius 1 is 1.08 bits per heavy atom. The van der Waals surface area contributed by atoms with E-state index in [9.17, 15) is 5.26 Å². The fourth-order valence-corrected chi connectivity index (χ4v) is 3.61. The zero-order chi connectivity index (χ0) is 17.8. The lowest BCUT2D eigenvalue weighted by atomic mass is 10.1. The standard InChI is InChI=1S/C19H19N5S/c1-13-7-9-16(10-8-13)11-17(12-20)25-19-21-22-23-24(19)18-14(2)5-4-6-15(18)3/h4-10,17H,11H2,1-3H3. The summed E-state index contributed by atoms with van der Waals surface area (Å²) in [5, 5.41) is 22.0. The Kier molecular flexibility index (Phi) is 5.15. The van der Waals surface area contributed by atoms with Gasteiger partial charge in [-0.15, -0.1) is 5.10 Å². The molecule has 25 heavy (non-hydrogen) atoms. The van der Waals surface area contributed by atoms with Gasteiger partial charge >= 0.3 is 0 Å². The van der Waals surface area contributed by atoms with E-state index in [4.69, 9.17) is 0 Å². The topological polar surface area (TPSA) is 67.4 Å². The number of para-hydroxylation sites is 1. The van der Waals surface area contributed by atoms with Crippen LogP contribution in [0, 0.1) is 32.1 Å². The third kappa shape index (κ3) is 3.89. The van der Waals surface area contributed by atoms with Crippen molar-refractivity contribution in [2.45, 2.75) is 37.6 Å². The second-order valence-corrected chi connectivity index (χ2v) is 7.21. The molecule has 1 heterocycles. The number of rotatable bonds is 5. The van der Waals surface area contributed by atoms with E-state index in [1.165, 1.54) is 17.3 Å². The van der Waals surface area contributed by atoms with Gasteiger partial charge in [-0.1, -0.05) is 59.8 Å². The first-order valence-electron chi connectivity index (χ1n) is 8.05. The van der Waals surface area contributed by atoms with E-state index in [1.807, 2.05) is 32.0 Å². The summed E-state index contributed by atoms with van der Waals surface area (Å²) < 4.78 is 1.73. The molecule has 3 rings (SSSR count). The average Bonchev–Trinajstić information content (AvgIpc) is 3.04. The van der Waals surface area contributed by atoms with Gasteiger partial charge in [0.25, 0.3) is 0 Å². The number of hydrogen-bond donors (Lipinski definition) is 0. The number of aryl methyl sites for hydroxylation is 3.